The maximum absolute atomic E-state index is 5.53. The van der Waals surface area contributed by atoms with Crippen LogP contribution in [0.1, 0.15) is 13.3 Å². The molecule has 2 N–H and O–H groups in total. The molecule has 6 heteroatoms. The predicted molar refractivity (Wildman–Crippen MR) is 57.7 cm³/mol. The Morgan fingerprint density at radius 1 is 1.07 bits per heavy atom. The minimum Gasteiger partial charge on any atom is -0.364 e. The number of hydrogen-bond donors (Lipinski definition) is 1. The number of hydrogen-bond acceptors (Lipinski definition) is 5. The average Bonchev–Trinajstić information content (AvgIpc) is 2.22. The number of rotatable bonds is 8. The molecule has 5 nitrogen and oxygen atoms in total. The highest BCUT2D eigenvalue weighted by Gasteiger charge is 2.45. The van der Waals surface area contributed by atoms with E-state index in [1.165, 1.54) is 0 Å². The summed E-state index contributed by atoms with van der Waals surface area (Å²) >= 11 is 0. The first kappa shape index (κ1) is 14.0. The molecule has 0 aromatic carbocycles. The van der Waals surface area contributed by atoms with Gasteiger partial charge in [-0.25, -0.2) is 0 Å². The summed E-state index contributed by atoms with van der Waals surface area (Å²) in [6.45, 7) is 4.28. The zero-order valence-electron chi connectivity index (χ0n) is 9.58. The number of nitrogens with zero attached hydrogens (tertiary/aromatic N) is 1. The number of nitrogens with two attached hydrogens (primary N) is 1. The second kappa shape index (κ2) is 7.33. The molecule has 86 valence electrons. The topological polar surface area (TPSA) is 57.0 Å². The smallest absolute Gasteiger partial charge is 0.364 e. The van der Waals surface area contributed by atoms with E-state index >= 15 is 0 Å². The van der Waals surface area contributed by atoms with Crippen molar-refractivity contribution in [3.8, 4) is 0 Å². The molecule has 0 unspecified atom stereocenters. The SMILES string of the molecule is CCCN(CCN)[Si](OC)(OC)OC. The van der Waals surface area contributed by atoms with Crippen molar-refractivity contribution in [2.75, 3.05) is 41.0 Å². The Morgan fingerprint density at radius 2 is 1.57 bits per heavy atom. The van der Waals surface area contributed by atoms with E-state index in [9.17, 15) is 0 Å². The van der Waals surface area contributed by atoms with Crippen LogP contribution in [0, 0.1) is 0 Å². The van der Waals surface area contributed by atoms with Crippen LogP contribution in [-0.2, 0) is 13.3 Å². The van der Waals surface area contributed by atoms with E-state index in [0.717, 1.165) is 19.5 Å². The standard InChI is InChI=1S/C8H22N2O3Si/c1-5-7-10(8-6-9)14(11-2,12-3)13-4/h5-9H2,1-4H3. The summed E-state index contributed by atoms with van der Waals surface area (Å²) < 4.78 is 18.2. The average molecular weight is 222 g/mol. The fourth-order valence-electron chi connectivity index (χ4n) is 1.45. The molecule has 0 aromatic rings. The van der Waals surface area contributed by atoms with Crippen molar-refractivity contribution in [3.63, 3.8) is 0 Å². The van der Waals surface area contributed by atoms with E-state index < -0.39 is 8.97 Å². The van der Waals surface area contributed by atoms with Gasteiger partial charge in [-0.2, -0.15) is 0 Å². The van der Waals surface area contributed by atoms with Gasteiger partial charge in [-0.3, -0.25) is 4.57 Å². The molecule has 0 amide bonds. The first-order chi connectivity index (χ1) is 6.70. The maximum Gasteiger partial charge on any atom is 0.598 e. The van der Waals surface area contributed by atoms with Crippen molar-refractivity contribution < 1.29 is 13.3 Å². The van der Waals surface area contributed by atoms with E-state index in [4.69, 9.17) is 19.0 Å². The molecule has 0 aliphatic carbocycles. The van der Waals surface area contributed by atoms with Gasteiger partial charge in [0.1, 0.15) is 0 Å². The molecule has 0 radical (unpaired) electrons. The summed E-state index contributed by atoms with van der Waals surface area (Å²) in [7, 11) is 2.19. The van der Waals surface area contributed by atoms with Crippen molar-refractivity contribution in [2.45, 2.75) is 13.3 Å². The summed E-state index contributed by atoms with van der Waals surface area (Å²) in [6.07, 6.45) is 1.02. The molecule has 14 heavy (non-hydrogen) atoms. The lowest BCUT2D eigenvalue weighted by molar-refractivity contribution is 0.0583. The second-order valence-corrected chi connectivity index (χ2v) is 5.82. The largest absolute Gasteiger partial charge is 0.598 e. The highest BCUT2D eigenvalue weighted by molar-refractivity contribution is 6.57. The van der Waals surface area contributed by atoms with Gasteiger partial charge in [0.05, 0.1) is 0 Å². The summed E-state index contributed by atoms with van der Waals surface area (Å²) in [6, 6.07) is 0. The van der Waals surface area contributed by atoms with Gasteiger partial charge < -0.3 is 19.0 Å². The van der Waals surface area contributed by atoms with Crippen LogP contribution >= 0.6 is 0 Å². The van der Waals surface area contributed by atoms with Crippen molar-refractivity contribution in [2.24, 2.45) is 5.73 Å². The molecule has 0 heterocycles. The Kier molecular flexibility index (Phi) is 7.34. The molecule has 0 bridgehead atoms. The highest BCUT2D eigenvalue weighted by Crippen LogP contribution is 2.12. The van der Waals surface area contributed by atoms with E-state index in [0.29, 0.717) is 6.54 Å². The summed E-state index contributed by atoms with van der Waals surface area (Å²) in [5, 5.41) is 0. The molecule has 0 aromatic heterocycles. The predicted octanol–water partition coefficient (Wildman–Crippen LogP) is 0.0319. The van der Waals surface area contributed by atoms with Gasteiger partial charge in [-0.15, -0.1) is 0 Å². The molecule has 0 rings (SSSR count). The Hall–Kier alpha value is 0.0169. The molecule has 0 saturated carbocycles. The summed E-state index contributed by atoms with van der Waals surface area (Å²) in [5.41, 5.74) is 5.53. The van der Waals surface area contributed by atoms with Crippen LogP contribution in [-0.4, -0.2) is 54.5 Å². The van der Waals surface area contributed by atoms with Gasteiger partial charge in [0.15, 0.2) is 0 Å². The summed E-state index contributed by atoms with van der Waals surface area (Å²) in [4.78, 5) is 0. The molecular formula is C8H22N2O3Si. The van der Waals surface area contributed by atoms with Crippen molar-refractivity contribution in [1.29, 1.82) is 0 Å². The normalized spacial score (nSPS) is 12.4. The van der Waals surface area contributed by atoms with Crippen molar-refractivity contribution >= 4 is 8.97 Å². The first-order valence-electron chi connectivity index (χ1n) is 4.81. The minimum absolute atomic E-state index is 0.574. The van der Waals surface area contributed by atoms with E-state index in [-0.39, 0.29) is 0 Å². The monoisotopic (exact) mass is 222 g/mol. The van der Waals surface area contributed by atoms with Crippen LogP contribution in [0.25, 0.3) is 0 Å². The van der Waals surface area contributed by atoms with Crippen molar-refractivity contribution in [1.82, 2.24) is 4.57 Å². The van der Waals surface area contributed by atoms with Gasteiger partial charge in [-0.1, -0.05) is 6.92 Å². The van der Waals surface area contributed by atoms with Crippen LogP contribution in [0.15, 0.2) is 0 Å². The Balaban J connectivity index is 4.52. The van der Waals surface area contributed by atoms with Gasteiger partial charge in [0.25, 0.3) is 0 Å². The zero-order valence-corrected chi connectivity index (χ0v) is 10.6. The zero-order chi connectivity index (χ0) is 11.0. The van der Waals surface area contributed by atoms with Crippen LogP contribution in [0.5, 0.6) is 0 Å². The van der Waals surface area contributed by atoms with E-state index in [1.54, 1.807) is 21.3 Å². The Morgan fingerprint density at radius 3 is 1.86 bits per heavy atom. The maximum atomic E-state index is 5.53. The minimum atomic E-state index is -2.64. The lowest BCUT2D eigenvalue weighted by Gasteiger charge is -2.34. The molecular weight excluding hydrogens is 200 g/mol. The highest BCUT2D eigenvalue weighted by atomic mass is 28.4. The lowest BCUT2D eigenvalue weighted by Crippen LogP contribution is -2.60. The van der Waals surface area contributed by atoms with Crippen LogP contribution in [0.4, 0.5) is 0 Å². The third-order valence-corrected chi connectivity index (χ3v) is 4.82. The van der Waals surface area contributed by atoms with Gasteiger partial charge >= 0.3 is 8.97 Å². The summed E-state index contributed by atoms with van der Waals surface area (Å²) in [5.74, 6) is 0. The molecule has 0 fully saturated rings. The van der Waals surface area contributed by atoms with Crippen LogP contribution in [0.3, 0.4) is 0 Å². The van der Waals surface area contributed by atoms with Crippen molar-refractivity contribution in [3.05, 3.63) is 0 Å². The molecule has 0 atom stereocenters. The molecule has 0 aliphatic rings. The Labute approximate surface area is 87.6 Å². The quantitative estimate of drug-likeness (QED) is 0.587. The van der Waals surface area contributed by atoms with Crippen LogP contribution < -0.4 is 5.73 Å². The van der Waals surface area contributed by atoms with Gasteiger partial charge in [-0.05, 0) is 13.0 Å². The van der Waals surface area contributed by atoms with E-state index in [1.807, 2.05) is 0 Å². The molecule has 0 saturated heterocycles. The fraction of sp³-hybridized carbons (Fsp3) is 1.00. The second-order valence-electron chi connectivity index (χ2n) is 2.91. The van der Waals surface area contributed by atoms with Gasteiger partial charge in [0, 0.05) is 34.4 Å². The molecule has 0 aliphatic heterocycles. The lowest BCUT2D eigenvalue weighted by atomic mass is 10.5. The van der Waals surface area contributed by atoms with Gasteiger partial charge in [0.2, 0.25) is 0 Å². The third-order valence-electron chi connectivity index (χ3n) is 2.05. The first-order valence-corrected chi connectivity index (χ1v) is 6.48. The van der Waals surface area contributed by atoms with Crippen LogP contribution in [0.2, 0.25) is 0 Å². The third kappa shape index (κ3) is 3.30. The fourth-order valence-corrected chi connectivity index (χ4v) is 3.62. The molecule has 0 spiro atoms. The Bertz CT molecular complexity index is 130. The van der Waals surface area contributed by atoms with E-state index in [2.05, 4.69) is 11.5 Å².